The highest BCUT2D eigenvalue weighted by Gasteiger charge is 2.15. The lowest BCUT2D eigenvalue weighted by molar-refractivity contribution is 0.592. The highest BCUT2D eigenvalue weighted by molar-refractivity contribution is 6.35. The van der Waals surface area contributed by atoms with Crippen LogP contribution in [-0.4, -0.2) is 16.1 Å². The van der Waals surface area contributed by atoms with Crippen LogP contribution >= 0.6 is 11.6 Å². The van der Waals surface area contributed by atoms with Crippen LogP contribution in [0.25, 0.3) is 11.0 Å². The molecular weight excluding hydrogens is 234 g/mol. The van der Waals surface area contributed by atoms with Gasteiger partial charge in [0.1, 0.15) is 5.82 Å². The summed E-state index contributed by atoms with van der Waals surface area (Å²) in [5, 5.41) is 0.759. The van der Waals surface area contributed by atoms with Crippen molar-refractivity contribution < 1.29 is 0 Å². The zero-order valence-corrected chi connectivity index (χ0v) is 11.0. The molecule has 1 heterocycles. The third-order valence-corrected chi connectivity index (χ3v) is 3.47. The van der Waals surface area contributed by atoms with Crippen LogP contribution in [0.3, 0.4) is 0 Å². The van der Waals surface area contributed by atoms with Crippen molar-refractivity contribution in [3.8, 4) is 0 Å². The fourth-order valence-electron chi connectivity index (χ4n) is 2.23. The van der Waals surface area contributed by atoms with Gasteiger partial charge in [-0.25, -0.2) is 4.98 Å². The van der Waals surface area contributed by atoms with Crippen LogP contribution in [0.5, 0.6) is 0 Å². The Hall–Kier alpha value is -1.06. The van der Waals surface area contributed by atoms with Crippen LogP contribution in [0.4, 0.5) is 0 Å². The summed E-state index contributed by atoms with van der Waals surface area (Å²) in [7, 11) is 2.02. The number of fused-ring (bicyclic) bond motifs is 1. The molecule has 3 nitrogen and oxygen atoms in total. The minimum atomic E-state index is 0.409. The summed E-state index contributed by atoms with van der Waals surface area (Å²) in [6.07, 6.45) is 2.09. The summed E-state index contributed by atoms with van der Waals surface area (Å²) in [5.41, 5.74) is 7.53. The number of benzene rings is 1. The van der Waals surface area contributed by atoms with Gasteiger partial charge in [0.05, 0.1) is 16.1 Å². The Morgan fingerprint density at radius 1 is 1.47 bits per heavy atom. The molecule has 0 spiro atoms. The summed E-state index contributed by atoms with van der Waals surface area (Å²) in [5.74, 6) is 1.49. The quantitative estimate of drug-likeness (QED) is 0.908. The first kappa shape index (κ1) is 12.4. The van der Waals surface area contributed by atoms with E-state index in [2.05, 4.69) is 16.5 Å². The number of hydrogen-bond acceptors (Lipinski definition) is 2. The molecule has 0 saturated carbocycles. The third kappa shape index (κ3) is 2.31. The molecule has 0 radical (unpaired) electrons. The van der Waals surface area contributed by atoms with Crippen molar-refractivity contribution in [2.75, 3.05) is 6.54 Å². The van der Waals surface area contributed by atoms with E-state index in [9.17, 15) is 0 Å². The van der Waals surface area contributed by atoms with Gasteiger partial charge in [0, 0.05) is 13.0 Å². The summed E-state index contributed by atoms with van der Waals surface area (Å²) in [4.78, 5) is 4.66. The van der Waals surface area contributed by atoms with Gasteiger partial charge in [-0.15, -0.1) is 0 Å². The molecule has 0 saturated heterocycles. The average molecular weight is 252 g/mol. The predicted octanol–water partition coefficient (Wildman–Crippen LogP) is 3.07. The number of rotatable bonds is 4. The Labute approximate surface area is 107 Å². The Balaban J connectivity index is 2.42. The van der Waals surface area contributed by atoms with E-state index >= 15 is 0 Å². The first-order chi connectivity index (χ1) is 8.15. The maximum atomic E-state index is 6.20. The van der Waals surface area contributed by atoms with Crippen molar-refractivity contribution in [1.82, 2.24) is 9.55 Å². The summed E-state index contributed by atoms with van der Waals surface area (Å²) in [6.45, 7) is 2.92. The Bertz CT molecular complexity index is 519. The van der Waals surface area contributed by atoms with Gasteiger partial charge >= 0.3 is 0 Å². The van der Waals surface area contributed by atoms with E-state index in [1.165, 1.54) is 0 Å². The molecule has 1 aromatic carbocycles. The molecule has 0 aliphatic rings. The van der Waals surface area contributed by atoms with Crippen molar-refractivity contribution in [2.24, 2.45) is 12.8 Å². The molecule has 0 bridgehead atoms. The fourth-order valence-corrected chi connectivity index (χ4v) is 2.53. The van der Waals surface area contributed by atoms with Crippen molar-refractivity contribution in [3.63, 3.8) is 0 Å². The molecule has 1 atom stereocenters. The molecule has 17 heavy (non-hydrogen) atoms. The van der Waals surface area contributed by atoms with Crippen LogP contribution in [-0.2, 0) is 7.05 Å². The van der Waals surface area contributed by atoms with E-state index in [1.807, 2.05) is 25.2 Å². The summed E-state index contributed by atoms with van der Waals surface area (Å²) < 4.78 is 2.10. The number of nitrogens with zero attached hydrogens (tertiary/aromatic N) is 2. The normalized spacial score (nSPS) is 13.2. The Kier molecular flexibility index (Phi) is 3.69. The number of nitrogens with two attached hydrogens (primary N) is 1. The van der Waals surface area contributed by atoms with Crippen molar-refractivity contribution in [1.29, 1.82) is 0 Å². The minimum absolute atomic E-state index is 0.409. The number of hydrogen-bond donors (Lipinski definition) is 1. The molecule has 0 aliphatic carbocycles. The summed E-state index contributed by atoms with van der Waals surface area (Å²) in [6, 6.07) is 5.84. The number of halogens is 1. The lowest BCUT2D eigenvalue weighted by Crippen LogP contribution is -2.06. The third-order valence-electron chi connectivity index (χ3n) is 3.16. The van der Waals surface area contributed by atoms with E-state index in [4.69, 9.17) is 17.3 Å². The number of imidazole rings is 1. The van der Waals surface area contributed by atoms with E-state index in [0.717, 1.165) is 41.3 Å². The lowest BCUT2D eigenvalue weighted by Gasteiger charge is -2.10. The molecule has 1 unspecified atom stereocenters. The maximum absolute atomic E-state index is 6.20. The largest absolute Gasteiger partial charge is 0.330 e. The van der Waals surface area contributed by atoms with Gasteiger partial charge in [0.15, 0.2) is 0 Å². The Morgan fingerprint density at radius 2 is 2.24 bits per heavy atom. The zero-order chi connectivity index (χ0) is 12.4. The second-order valence-corrected chi connectivity index (χ2v) is 4.88. The molecular formula is C13H18ClN3. The first-order valence-corrected chi connectivity index (χ1v) is 6.34. The van der Waals surface area contributed by atoms with Crippen LogP contribution in [0.15, 0.2) is 18.2 Å². The van der Waals surface area contributed by atoms with Gasteiger partial charge in [-0.3, -0.25) is 0 Å². The highest BCUT2D eigenvalue weighted by Crippen LogP contribution is 2.28. The smallest absolute Gasteiger partial charge is 0.112 e. The molecule has 4 heteroatoms. The monoisotopic (exact) mass is 251 g/mol. The second-order valence-electron chi connectivity index (χ2n) is 4.47. The van der Waals surface area contributed by atoms with E-state index in [0.29, 0.717) is 5.92 Å². The molecule has 0 amide bonds. The molecule has 0 aliphatic heterocycles. The van der Waals surface area contributed by atoms with Gasteiger partial charge < -0.3 is 10.3 Å². The van der Waals surface area contributed by atoms with E-state index in [-0.39, 0.29) is 0 Å². The fraction of sp³-hybridized carbons (Fsp3) is 0.462. The van der Waals surface area contributed by atoms with Crippen LogP contribution < -0.4 is 5.73 Å². The van der Waals surface area contributed by atoms with Crippen molar-refractivity contribution >= 4 is 22.6 Å². The highest BCUT2D eigenvalue weighted by atomic mass is 35.5. The first-order valence-electron chi connectivity index (χ1n) is 5.96. The SMILES string of the molecule is CC(CCCN)c1nc2cccc(Cl)c2n1C. The number of para-hydroxylation sites is 1. The van der Waals surface area contributed by atoms with Crippen molar-refractivity contribution in [2.45, 2.75) is 25.7 Å². The van der Waals surface area contributed by atoms with Gasteiger partial charge in [-0.1, -0.05) is 24.6 Å². The molecule has 2 rings (SSSR count). The van der Waals surface area contributed by atoms with Gasteiger partial charge in [-0.05, 0) is 31.5 Å². The summed E-state index contributed by atoms with van der Waals surface area (Å²) >= 11 is 6.20. The predicted molar refractivity (Wildman–Crippen MR) is 72.4 cm³/mol. The van der Waals surface area contributed by atoms with Gasteiger partial charge in [-0.2, -0.15) is 0 Å². The maximum Gasteiger partial charge on any atom is 0.112 e. The molecule has 2 N–H and O–H groups in total. The zero-order valence-electron chi connectivity index (χ0n) is 10.3. The Morgan fingerprint density at radius 3 is 2.88 bits per heavy atom. The van der Waals surface area contributed by atoms with Crippen LogP contribution in [0.1, 0.15) is 31.5 Å². The van der Waals surface area contributed by atoms with E-state index in [1.54, 1.807) is 0 Å². The number of aryl methyl sites for hydroxylation is 1. The van der Waals surface area contributed by atoms with Crippen molar-refractivity contribution in [3.05, 3.63) is 29.0 Å². The van der Waals surface area contributed by atoms with E-state index < -0.39 is 0 Å². The topological polar surface area (TPSA) is 43.8 Å². The van der Waals surface area contributed by atoms with Gasteiger partial charge in [0.2, 0.25) is 0 Å². The van der Waals surface area contributed by atoms with Crippen LogP contribution in [0, 0.1) is 0 Å². The molecule has 1 aromatic heterocycles. The molecule has 92 valence electrons. The average Bonchev–Trinajstić information content (AvgIpc) is 2.65. The standard InChI is InChI=1S/C13H18ClN3/c1-9(5-4-8-15)13-16-11-7-3-6-10(14)12(11)17(13)2/h3,6-7,9H,4-5,8,15H2,1-2H3. The lowest BCUT2D eigenvalue weighted by atomic mass is 10.1. The van der Waals surface area contributed by atoms with Gasteiger partial charge in [0.25, 0.3) is 0 Å². The molecule has 0 fully saturated rings. The van der Waals surface area contributed by atoms with Crippen LogP contribution in [0.2, 0.25) is 5.02 Å². The number of aromatic nitrogens is 2. The second kappa shape index (κ2) is 5.07. The molecule has 2 aromatic rings. The minimum Gasteiger partial charge on any atom is -0.330 e.